The third-order valence-corrected chi connectivity index (χ3v) is 0.379. The summed E-state index contributed by atoms with van der Waals surface area (Å²) in [6.07, 6.45) is 0. The summed E-state index contributed by atoms with van der Waals surface area (Å²) in [6, 6.07) is 0. The molecule has 0 aliphatic carbocycles. The molecule has 0 unspecified atom stereocenters. The minimum Gasteiger partial charge on any atom is -0.392 e. The van der Waals surface area contributed by atoms with Gasteiger partial charge in [-0.3, -0.25) is 0 Å². The van der Waals surface area contributed by atoms with Gasteiger partial charge in [-0.25, -0.2) is 0 Å². The summed E-state index contributed by atoms with van der Waals surface area (Å²) in [5, 5.41) is 3.21. The Hall–Kier alpha value is -0.970. The third kappa shape index (κ3) is 5.03. The fourth-order valence-corrected chi connectivity index (χ4v) is 0.173. The molecule has 0 radical (unpaired) electrons. The first kappa shape index (κ1) is 7.03. The average Bonchev–Trinajstić information content (AvgIpc) is 1.66. The molecule has 0 aliphatic rings. The second kappa shape index (κ2) is 4.20. The maximum atomic E-state index is 5.04. The quantitative estimate of drug-likeness (QED) is 0.175. The van der Waals surface area contributed by atoms with Gasteiger partial charge in [-0.1, -0.05) is 0 Å². The monoisotopic (exact) mass is 118 g/mol. The van der Waals surface area contributed by atoms with Gasteiger partial charge in [-0.05, 0) is 5.16 Å². The van der Waals surface area contributed by atoms with E-state index in [9.17, 15) is 0 Å². The van der Waals surface area contributed by atoms with E-state index in [1.807, 2.05) is 0 Å². The first-order valence-electron chi connectivity index (χ1n) is 2.18. The van der Waals surface area contributed by atoms with E-state index in [0.717, 1.165) is 0 Å². The minimum atomic E-state index is -0.0848. The second-order valence-electron chi connectivity index (χ2n) is 1.14. The predicted molar refractivity (Wildman–Crippen MR) is 30.8 cm³/mol. The third-order valence-electron chi connectivity index (χ3n) is 0.379. The highest BCUT2D eigenvalue weighted by Gasteiger charge is 1.78. The number of nitrogens with zero attached hydrogens (tertiary/aromatic N) is 1. The zero-order valence-electron chi connectivity index (χ0n) is 4.50. The largest absolute Gasteiger partial charge is 0.392 e. The van der Waals surface area contributed by atoms with E-state index < -0.39 is 0 Å². The van der Waals surface area contributed by atoms with E-state index in [1.54, 1.807) is 0 Å². The molecule has 0 amide bonds. The lowest BCUT2D eigenvalue weighted by molar-refractivity contribution is 0.151. The Kier molecular flexibility index (Phi) is 3.69. The van der Waals surface area contributed by atoms with Gasteiger partial charge in [-0.2, -0.15) is 0 Å². The summed E-state index contributed by atoms with van der Waals surface area (Å²) in [4.78, 5) is 4.46. The fraction of sp³-hybridized carbons (Fsp3) is 0.667. The molecule has 0 rings (SSSR count). The van der Waals surface area contributed by atoms with E-state index in [0.29, 0.717) is 13.2 Å². The zero-order chi connectivity index (χ0) is 6.41. The van der Waals surface area contributed by atoms with E-state index in [-0.39, 0.29) is 5.96 Å². The van der Waals surface area contributed by atoms with Crippen LogP contribution in [0.15, 0.2) is 5.16 Å². The van der Waals surface area contributed by atoms with Crippen LogP contribution in [0.4, 0.5) is 0 Å². The SMILES string of the molecule is NCCON=C(N)N. The van der Waals surface area contributed by atoms with Crippen LogP contribution in [0, 0.1) is 0 Å². The molecule has 0 fully saturated rings. The average molecular weight is 118 g/mol. The first-order valence-corrected chi connectivity index (χ1v) is 2.18. The van der Waals surface area contributed by atoms with Crippen molar-refractivity contribution >= 4 is 5.96 Å². The zero-order valence-corrected chi connectivity index (χ0v) is 4.50. The number of guanidine groups is 1. The molecule has 48 valence electrons. The highest BCUT2D eigenvalue weighted by atomic mass is 16.6. The van der Waals surface area contributed by atoms with Gasteiger partial charge in [0.25, 0.3) is 0 Å². The van der Waals surface area contributed by atoms with E-state index in [4.69, 9.17) is 17.2 Å². The minimum absolute atomic E-state index is 0.0848. The van der Waals surface area contributed by atoms with Crippen molar-refractivity contribution in [2.75, 3.05) is 13.2 Å². The molecular formula is C3H10N4O. The molecule has 0 aromatic rings. The first-order chi connectivity index (χ1) is 3.77. The Balaban J connectivity index is 3.03. The topological polar surface area (TPSA) is 99.6 Å². The van der Waals surface area contributed by atoms with Crippen LogP contribution in [-0.2, 0) is 4.84 Å². The molecule has 0 aliphatic heterocycles. The van der Waals surface area contributed by atoms with Gasteiger partial charge in [0, 0.05) is 6.54 Å². The van der Waals surface area contributed by atoms with Crippen molar-refractivity contribution in [2.24, 2.45) is 22.4 Å². The summed E-state index contributed by atoms with van der Waals surface area (Å²) in [5.74, 6) is -0.0848. The molecular weight excluding hydrogens is 108 g/mol. The summed E-state index contributed by atoms with van der Waals surface area (Å²) in [6.45, 7) is 0.759. The van der Waals surface area contributed by atoms with Gasteiger partial charge in [0.05, 0.1) is 0 Å². The van der Waals surface area contributed by atoms with Crippen molar-refractivity contribution < 1.29 is 4.84 Å². The Labute approximate surface area is 47.5 Å². The van der Waals surface area contributed by atoms with Crippen molar-refractivity contribution in [3.8, 4) is 0 Å². The van der Waals surface area contributed by atoms with Crippen LogP contribution in [0.1, 0.15) is 0 Å². The summed E-state index contributed by atoms with van der Waals surface area (Å²) >= 11 is 0. The van der Waals surface area contributed by atoms with Crippen LogP contribution in [0.5, 0.6) is 0 Å². The van der Waals surface area contributed by atoms with Gasteiger partial charge >= 0.3 is 0 Å². The Morgan fingerprint density at radius 3 is 2.50 bits per heavy atom. The van der Waals surface area contributed by atoms with Crippen LogP contribution in [0.2, 0.25) is 0 Å². The van der Waals surface area contributed by atoms with Gasteiger partial charge in [-0.15, -0.1) is 0 Å². The molecule has 8 heavy (non-hydrogen) atoms. The molecule has 0 spiro atoms. The van der Waals surface area contributed by atoms with Gasteiger partial charge < -0.3 is 22.0 Å². The smallest absolute Gasteiger partial charge is 0.228 e. The van der Waals surface area contributed by atoms with Gasteiger partial charge in [0.2, 0.25) is 5.96 Å². The Morgan fingerprint density at radius 2 is 2.12 bits per heavy atom. The Bertz CT molecular complexity index is 77.4. The van der Waals surface area contributed by atoms with Crippen LogP contribution in [-0.4, -0.2) is 19.1 Å². The van der Waals surface area contributed by atoms with Crippen molar-refractivity contribution in [2.45, 2.75) is 0 Å². The van der Waals surface area contributed by atoms with Crippen molar-refractivity contribution in [3.05, 3.63) is 0 Å². The molecule has 0 atom stereocenters. The normalized spacial score (nSPS) is 8.12. The maximum absolute atomic E-state index is 5.04. The number of rotatable bonds is 3. The maximum Gasteiger partial charge on any atom is 0.228 e. The van der Waals surface area contributed by atoms with E-state index in [1.165, 1.54) is 0 Å². The van der Waals surface area contributed by atoms with Crippen molar-refractivity contribution in [3.63, 3.8) is 0 Å². The van der Waals surface area contributed by atoms with E-state index in [2.05, 4.69) is 9.99 Å². The van der Waals surface area contributed by atoms with Crippen LogP contribution < -0.4 is 17.2 Å². The Morgan fingerprint density at radius 1 is 1.50 bits per heavy atom. The number of hydrogen-bond donors (Lipinski definition) is 3. The summed E-state index contributed by atoms with van der Waals surface area (Å²) in [5.41, 5.74) is 14.8. The van der Waals surface area contributed by atoms with Crippen molar-refractivity contribution in [1.82, 2.24) is 0 Å². The highest BCUT2D eigenvalue weighted by Crippen LogP contribution is 1.68. The van der Waals surface area contributed by atoms with Gasteiger partial charge in [0.15, 0.2) is 0 Å². The van der Waals surface area contributed by atoms with Crippen LogP contribution in [0.25, 0.3) is 0 Å². The summed E-state index contributed by atoms with van der Waals surface area (Å²) < 4.78 is 0. The lowest BCUT2D eigenvalue weighted by Gasteiger charge is -1.93. The number of oxime groups is 1. The molecule has 0 aromatic heterocycles. The lowest BCUT2D eigenvalue weighted by Crippen LogP contribution is -2.23. The van der Waals surface area contributed by atoms with Crippen molar-refractivity contribution in [1.29, 1.82) is 0 Å². The molecule has 0 saturated heterocycles. The molecule has 0 bridgehead atoms. The number of hydrogen-bond acceptors (Lipinski definition) is 3. The molecule has 0 aromatic carbocycles. The fourth-order valence-electron chi connectivity index (χ4n) is 0.173. The van der Waals surface area contributed by atoms with Crippen LogP contribution in [0.3, 0.4) is 0 Å². The van der Waals surface area contributed by atoms with Crippen LogP contribution >= 0.6 is 0 Å². The molecule has 6 N–H and O–H groups in total. The standard InChI is InChI=1S/C3H10N4O/c4-1-2-8-7-3(5)6/h1-2,4H2,(H4,5,6,7). The predicted octanol–water partition coefficient (Wildman–Crippen LogP) is -1.85. The molecule has 5 nitrogen and oxygen atoms in total. The highest BCUT2D eigenvalue weighted by molar-refractivity contribution is 5.74. The second-order valence-corrected chi connectivity index (χ2v) is 1.14. The molecule has 0 saturated carbocycles. The summed E-state index contributed by atoms with van der Waals surface area (Å²) in [7, 11) is 0. The molecule has 0 heterocycles. The van der Waals surface area contributed by atoms with E-state index >= 15 is 0 Å². The van der Waals surface area contributed by atoms with Gasteiger partial charge in [0.1, 0.15) is 6.61 Å². The molecule has 5 heteroatoms. The number of nitrogens with two attached hydrogens (primary N) is 3. The lowest BCUT2D eigenvalue weighted by atomic mass is 10.8.